The Kier molecular flexibility index (Phi) is 4.80. The zero-order valence-electron chi connectivity index (χ0n) is 10.9. The van der Waals surface area contributed by atoms with Gasteiger partial charge < -0.3 is 5.32 Å². The van der Waals surface area contributed by atoms with Crippen molar-refractivity contribution in [2.75, 3.05) is 13.3 Å². The van der Waals surface area contributed by atoms with Crippen molar-refractivity contribution >= 4 is 9.84 Å². The summed E-state index contributed by atoms with van der Waals surface area (Å²) in [5, 5.41) is 2.93. The SMILES string of the molecule is CNC(C1CCC(C)CC1)C(C)S(C)(=O)=O. The fraction of sp³-hybridized carbons (Fsp3) is 1.00. The molecule has 0 saturated heterocycles. The zero-order valence-corrected chi connectivity index (χ0v) is 11.7. The molecule has 1 N–H and O–H groups in total. The third-order valence-electron chi connectivity index (χ3n) is 4.08. The third-order valence-corrected chi connectivity index (χ3v) is 5.73. The van der Waals surface area contributed by atoms with Gasteiger partial charge in [0.1, 0.15) is 0 Å². The molecule has 96 valence electrons. The van der Waals surface area contributed by atoms with E-state index in [1.807, 2.05) is 14.0 Å². The van der Waals surface area contributed by atoms with E-state index >= 15 is 0 Å². The summed E-state index contributed by atoms with van der Waals surface area (Å²) in [5.74, 6) is 1.33. The first-order valence-electron chi connectivity index (χ1n) is 6.22. The first-order valence-corrected chi connectivity index (χ1v) is 8.17. The molecule has 1 fully saturated rings. The smallest absolute Gasteiger partial charge is 0.151 e. The van der Waals surface area contributed by atoms with Crippen molar-refractivity contribution in [1.29, 1.82) is 0 Å². The Balaban J connectivity index is 2.68. The van der Waals surface area contributed by atoms with E-state index in [0.717, 1.165) is 18.8 Å². The van der Waals surface area contributed by atoms with Crippen molar-refractivity contribution in [1.82, 2.24) is 5.32 Å². The fourth-order valence-corrected chi connectivity index (χ4v) is 3.66. The molecule has 1 aliphatic carbocycles. The third kappa shape index (κ3) is 3.45. The molecule has 4 heteroatoms. The lowest BCUT2D eigenvalue weighted by Gasteiger charge is -2.35. The highest BCUT2D eigenvalue weighted by Gasteiger charge is 2.33. The number of sulfone groups is 1. The van der Waals surface area contributed by atoms with Crippen LogP contribution >= 0.6 is 0 Å². The van der Waals surface area contributed by atoms with E-state index in [0.29, 0.717) is 5.92 Å². The molecule has 0 bridgehead atoms. The van der Waals surface area contributed by atoms with E-state index in [9.17, 15) is 8.42 Å². The molecule has 0 heterocycles. The summed E-state index contributed by atoms with van der Waals surface area (Å²) in [4.78, 5) is 0. The number of hydrogen-bond acceptors (Lipinski definition) is 3. The lowest BCUT2D eigenvalue weighted by Crippen LogP contribution is -2.46. The normalized spacial score (nSPS) is 31.0. The van der Waals surface area contributed by atoms with Crippen LogP contribution in [0.3, 0.4) is 0 Å². The first-order chi connectivity index (χ1) is 7.36. The van der Waals surface area contributed by atoms with E-state index in [1.54, 1.807) is 0 Å². The Labute approximate surface area is 99.9 Å². The Morgan fingerprint density at radius 1 is 1.19 bits per heavy atom. The minimum atomic E-state index is -2.94. The largest absolute Gasteiger partial charge is 0.315 e. The average molecular weight is 247 g/mol. The van der Waals surface area contributed by atoms with Gasteiger partial charge in [-0.05, 0) is 38.6 Å². The van der Waals surface area contributed by atoms with Crippen LogP contribution in [0.5, 0.6) is 0 Å². The molecule has 0 aromatic carbocycles. The number of hydrogen-bond donors (Lipinski definition) is 1. The van der Waals surface area contributed by atoms with Crippen molar-refractivity contribution in [3.05, 3.63) is 0 Å². The highest BCUT2D eigenvalue weighted by Crippen LogP contribution is 2.32. The number of nitrogens with one attached hydrogen (secondary N) is 1. The monoisotopic (exact) mass is 247 g/mol. The van der Waals surface area contributed by atoms with Gasteiger partial charge in [0, 0.05) is 12.3 Å². The van der Waals surface area contributed by atoms with Crippen molar-refractivity contribution < 1.29 is 8.42 Å². The van der Waals surface area contributed by atoms with Crippen LogP contribution in [0.2, 0.25) is 0 Å². The minimum absolute atomic E-state index is 0.113. The molecule has 0 aliphatic heterocycles. The molecular formula is C12H25NO2S. The summed E-state index contributed by atoms with van der Waals surface area (Å²) in [7, 11) is -1.06. The second kappa shape index (κ2) is 5.50. The van der Waals surface area contributed by atoms with Crippen molar-refractivity contribution in [2.24, 2.45) is 11.8 Å². The topological polar surface area (TPSA) is 46.2 Å². The van der Waals surface area contributed by atoms with E-state index in [-0.39, 0.29) is 11.3 Å². The first kappa shape index (κ1) is 14.0. The van der Waals surface area contributed by atoms with E-state index in [4.69, 9.17) is 0 Å². The van der Waals surface area contributed by atoms with Gasteiger partial charge in [-0.1, -0.05) is 19.8 Å². The summed E-state index contributed by atoms with van der Waals surface area (Å²) in [5.41, 5.74) is 0. The average Bonchev–Trinajstić information content (AvgIpc) is 2.20. The van der Waals surface area contributed by atoms with Crippen LogP contribution in [0.25, 0.3) is 0 Å². The molecule has 16 heavy (non-hydrogen) atoms. The van der Waals surface area contributed by atoms with Crippen molar-refractivity contribution in [3.63, 3.8) is 0 Å². The predicted molar refractivity (Wildman–Crippen MR) is 68.3 cm³/mol. The van der Waals surface area contributed by atoms with Gasteiger partial charge in [0.2, 0.25) is 0 Å². The standard InChI is InChI=1S/C12H25NO2S/c1-9-5-7-11(8-6-9)12(13-3)10(2)16(4,14)15/h9-13H,5-8H2,1-4H3. The van der Waals surface area contributed by atoms with Gasteiger partial charge in [0.05, 0.1) is 5.25 Å². The van der Waals surface area contributed by atoms with Gasteiger partial charge in [-0.15, -0.1) is 0 Å². The quantitative estimate of drug-likeness (QED) is 0.824. The molecule has 3 nitrogen and oxygen atoms in total. The Morgan fingerprint density at radius 3 is 2.06 bits per heavy atom. The molecular weight excluding hydrogens is 222 g/mol. The lowest BCUT2D eigenvalue weighted by molar-refractivity contribution is 0.233. The maximum atomic E-state index is 11.6. The summed E-state index contributed by atoms with van der Waals surface area (Å²) >= 11 is 0. The Hall–Kier alpha value is -0.0900. The highest BCUT2D eigenvalue weighted by atomic mass is 32.2. The van der Waals surface area contributed by atoms with E-state index < -0.39 is 9.84 Å². The van der Waals surface area contributed by atoms with Crippen LogP contribution in [-0.2, 0) is 9.84 Å². The van der Waals surface area contributed by atoms with Gasteiger partial charge in [-0.25, -0.2) is 8.42 Å². The predicted octanol–water partition coefficient (Wildman–Crippen LogP) is 1.83. The minimum Gasteiger partial charge on any atom is -0.315 e. The molecule has 2 atom stereocenters. The molecule has 0 spiro atoms. The highest BCUT2D eigenvalue weighted by molar-refractivity contribution is 7.91. The van der Waals surface area contributed by atoms with Crippen molar-refractivity contribution in [3.8, 4) is 0 Å². The van der Waals surface area contributed by atoms with E-state index in [2.05, 4.69) is 12.2 Å². The van der Waals surface area contributed by atoms with Crippen LogP contribution < -0.4 is 5.32 Å². The van der Waals surface area contributed by atoms with Gasteiger partial charge in [-0.2, -0.15) is 0 Å². The maximum absolute atomic E-state index is 11.6. The zero-order chi connectivity index (χ0) is 12.3. The van der Waals surface area contributed by atoms with Gasteiger partial charge in [-0.3, -0.25) is 0 Å². The van der Waals surface area contributed by atoms with Crippen LogP contribution in [0.1, 0.15) is 39.5 Å². The Morgan fingerprint density at radius 2 is 1.69 bits per heavy atom. The second-order valence-electron chi connectivity index (χ2n) is 5.37. The fourth-order valence-electron chi connectivity index (χ4n) is 2.76. The molecule has 2 unspecified atom stereocenters. The lowest BCUT2D eigenvalue weighted by atomic mass is 9.78. The van der Waals surface area contributed by atoms with Crippen LogP contribution in [0, 0.1) is 11.8 Å². The molecule has 1 rings (SSSR count). The van der Waals surface area contributed by atoms with Crippen molar-refractivity contribution in [2.45, 2.75) is 50.8 Å². The molecule has 0 radical (unpaired) electrons. The molecule has 0 aromatic rings. The molecule has 0 aromatic heterocycles. The second-order valence-corrected chi connectivity index (χ2v) is 7.77. The number of rotatable bonds is 4. The Bertz CT molecular complexity index is 305. The molecule has 0 amide bonds. The molecule has 1 aliphatic rings. The summed E-state index contributed by atoms with van der Waals surface area (Å²) in [6.07, 6.45) is 6.13. The van der Waals surface area contributed by atoms with Gasteiger partial charge in [0.25, 0.3) is 0 Å². The van der Waals surface area contributed by atoms with Crippen LogP contribution in [0.4, 0.5) is 0 Å². The summed E-state index contributed by atoms with van der Waals surface area (Å²) < 4.78 is 23.2. The van der Waals surface area contributed by atoms with Crippen LogP contribution in [0.15, 0.2) is 0 Å². The maximum Gasteiger partial charge on any atom is 0.151 e. The summed E-state index contributed by atoms with van der Waals surface area (Å²) in [6.45, 7) is 4.11. The van der Waals surface area contributed by atoms with Gasteiger partial charge >= 0.3 is 0 Å². The van der Waals surface area contributed by atoms with E-state index in [1.165, 1.54) is 19.1 Å². The summed E-state index contributed by atoms with van der Waals surface area (Å²) in [6, 6.07) is 0.113. The van der Waals surface area contributed by atoms with Gasteiger partial charge in [0.15, 0.2) is 9.84 Å². The molecule has 1 saturated carbocycles. The van der Waals surface area contributed by atoms with Crippen LogP contribution in [-0.4, -0.2) is 33.0 Å².